The Hall–Kier alpha value is -0.570. The Balaban J connectivity index is 2.35. The monoisotopic (exact) mass is 157 g/mol. The number of carboxylic acid groups (broad SMARTS) is 1. The third-order valence-corrected chi connectivity index (χ3v) is 2.18. The van der Waals surface area contributed by atoms with E-state index >= 15 is 0 Å². The molecule has 0 aliphatic carbocycles. The van der Waals surface area contributed by atoms with Crippen molar-refractivity contribution in [3.05, 3.63) is 0 Å². The van der Waals surface area contributed by atoms with Crippen LogP contribution in [0.3, 0.4) is 0 Å². The van der Waals surface area contributed by atoms with Crippen LogP contribution in [-0.2, 0) is 4.79 Å². The minimum absolute atomic E-state index is 0.130. The van der Waals surface area contributed by atoms with Crippen molar-refractivity contribution in [3.8, 4) is 0 Å². The van der Waals surface area contributed by atoms with Crippen molar-refractivity contribution in [2.24, 2.45) is 5.92 Å². The normalized spacial score (nSPS) is 21.4. The highest BCUT2D eigenvalue weighted by atomic mass is 16.4. The molecule has 11 heavy (non-hydrogen) atoms. The van der Waals surface area contributed by atoms with Crippen LogP contribution in [0.5, 0.6) is 0 Å². The molecule has 1 heterocycles. The molecule has 1 aliphatic heterocycles. The van der Waals surface area contributed by atoms with Crippen LogP contribution in [-0.4, -0.2) is 34.6 Å². The zero-order valence-corrected chi connectivity index (χ0v) is 7.29. The Bertz CT molecular complexity index is 165. The number of likely N-dealkylation sites (tertiary alicyclic amines) is 1. The van der Waals surface area contributed by atoms with Crippen molar-refractivity contribution >= 4 is 5.97 Å². The molecule has 1 saturated heterocycles. The van der Waals surface area contributed by atoms with E-state index in [0.717, 1.165) is 0 Å². The highest BCUT2D eigenvalue weighted by Gasteiger charge is 2.38. The quantitative estimate of drug-likeness (QED) is 0.612. The van der Waals surface area contributed by atoms with Crippen molar-refractivity contribution in [2.45, 2.75) is 26.3 Å². The van der Waals surface area contributed by atoms with Gasteiger partial charge in [-0.3, -0.25) is 9.69 Å². The highest BCUT2D eigenvalue weighted by molar-refractivity contribution is 5.71. The second kappa shape index (κ2) is 2.48. The molecule has 1 N–H and O–H groups in total. The van der Waals surface area contributed by atoms with Gasteiger partial charge in [-0.1, -0.05) is 0 Å². The highest BCUT2D eigenvalue weighted by Crippen LogP contribution is 2.24. The zero-order valence-electron chi connectivity index (χ0n) is 7.29. The predicted molar refractivity (Wildman–Crippen MR) is 42.5 cm³/mol. The second-order valence-corrected chi connectivity index (χ2v) is 4.11. The lowest BCUT2D eigenvalue weighted by Crippen LogP contribution is -2.58. The Labute approximate surface area is 67.0 Å². The fourth-order valence-electron chi connectivity index (χ4n) is 1.18. The van der Waals surface area contributed by atoms with Gasteiger partial charge < -0.3 is 5.11 Å². The number of hydrogen-bond acceptors (Lipinski definition) is 2. The van der Waals surface area contributed by atoms with Gasteiger partial charge in [-0.05, 0) is 20.8 Å². The molecule has 64 valence electrons. The van der Waals surface area contributed by atoms with Crippen LogP contribution < -0.4 is 0 Å². The average Bonchev–Trinajstić information content (AvgIpc) is 1.51. The van der Waals surface area contributed by atoms with Gasteiger partial charge in [-0.25, -0.2) is 0 Å². The maximum atomic E-state index is 10.4. The first-order valence-corrected chi connectivity index (χ1v) is 3.89. The van der Waals surface area contributed by atoms with E-state index < -0.39 is 5.97 Å². The third kappa shape index (κ3) is 1.71. The molecule has 0 aromatic carbocycles. The predicted octanol–water partition coefficient (Wildman–Crippen LogP) is 0.801. The van der Waals surface area contributed by atoms with Crippen LogP contribution in [0.2, 0.25) is 0 Å². The number of rotatable bonds is 1. The molecule has 0 aromatic heterocycles. The summed E-state index contributed by atoms with van der Waals surface area (Å²) < 4.78 is 0. The minimum atomic E-state index is -0.662. The Kier molecular flexibility index (Phi) is 1.92. The smallest absolute Gasteiger partial charge is 0.309 e. The first-order chi connectivity index (χ1) is 4.91. The molecule has 0 amide bonds. The van der Waals surface area contributed by atoms with Gasteiger partial charge in [0.2, 0.25) is 0 Å². The Morgan fingerprint density at radius 3 is 2.18 bits per heavy atom. The summed E-state index contributed by atoms with van der Waals surface area (Å²) in [5.74, 6) is -0.792. The van der Waals surface area contributed by atoms with Gasteiger partial charge in [-0.2, -0.15) is 0 Å². The van der Waals surface area contributed by atoms with Gasteiger partial charge in [0, 0.05) is 18.6 Å². The molecular weight excluding hydrogens is 142 g/mol. The fraction of sp³-hybridized carbons (Fsp3) is 0.875. The number of hydrogen-bond donors (Lipinski definition) is 1. The topological polar surface area (TPSA) is 40.5 Å². The Morgan fingerprint density at radius 1 is 1.45 bits per heavy atom. The van der Waals surface area contributed by atoms with Gasteiger partial charge in [0.05, 0.1) is 5.92 Å². The van der Waals surface area contributed by atoms with E-state index in [1.54, 1.807) is 0 Å². The van der Waals surface area contributed by atoms with E-state index in [-0.39, 0.29) is 11.5 Å². The molecule has 0 bridgehead atoms. The van der Waals surface area contributed by atoms with Gasteiger partial charge in [0.1, 0.15) is 0 Å². The van der Waals surface area contributed by atoms with Crippen LogP contribution in [0, 0.1) is 5.92 Å². The lowest BCUT2D eigenvalue weighted by Gasteiger charge is -2.45. The molecule has 3 nitrogen and oxygen atoms in total. The second-order valence-electron chi connectivity index (χ2n) is 4.11. The molecule has 0 spiro atoms. The molecule has 1 aliphatic rings. The summed E-state index contributed by atoms with van der Waals surface area (Å²) in [7, 11) is 0. The average molecular weight is 157 g/mol. The van der Waals surface area contributed by atoms with E-state index in [4.69, 9.17) is 5.11 Å². The van der Waals surface area contributed by atoms with Crippen LogP contribution in [0.1, 0.15) is 20.8 Å². The number of nitrogens with zero attached hydrogens (tertiary/aromatic N) is 1. The molecule has 1 rings (SSSR count). The van der Waals surface area contributed by atoms with Crippen LogP contribution in [0.15, 0.2) is 0 Å². The lowest BCUT2D eigenvalue weighted by atomic mass is 9.93. The maximum absolute atomic E-state index is 10.4. The standard InChI is InChI=1S/C8H15NO2/c1-8(2,3)9-4-6(5-9)7(10)11/h6H,4-5H2,1-3H3,(H,10,11). The summed E-state index contributed by atoms with van der Waals surface area (Å²) in [4.78, 5) is 12.6. The summed E-state index contributed by atoms with van der Waals surface area (Å²) in [5, 5.41) is 8.59. The number of aliphatic carboxylic acids is 1. The summed E-state index contributed by atoms with van der Waals surface area (Å²) in [6.45, 7) is 7.72. The Morgan fingerprint density at radius 2 is 1.91 bits per heavy atom. The van der Waals surface area contributed by atoms with E-state index in [1.165, 1.54) is 0 Å². The van der Waals surface area contributed by atoms with Crippen LogP contribution in [0.4, 0.5) is 0 Å². The lowest BCUT2D eigenvalue weighted by molar-refractivity contribution is -0.150. The molecule has 0 saturated carbocycles. The van der Waals surface area contributed by atoms with Crippen LogP contribution >= 0.6 is 0 Å². The maximum Gasteiger partial charge on any atom is 0.309 e. The molecule has 1 fully saturated rings. The largest absolute Gasteiger partial charge is 0.481 e. The molecule has 0 atom stereocenters. The van der Waals surface area contributed by atoms with Gasteiger partial charge in [0.15, 0.2) is 0 Å². The molecule has 0 radical (unpaired) electrons. The van der Waals surface area contributed by atoms with E-state index in [1.807, 2.05) is 0 Å². The summed E-state index contributed by atoms with van der Waals surface area (Å²) in [5.41, 5.74) is 0.131. The molecular formula is C8H15NO2. The van der Waals surface area contributed by atoms with Crippen molar-refractivity contribution in [3.63, 3.8) is 0 Å². The molecule has 0 unspecified atom stereocenters. The van der Waals surface area contributed by atoms with Gasteiger partial charge >= 0.3 is 5.97 Å². The van der Waals surface area contributed by atoms with Crippen molar-refractivity contribution in [2.75, 3.05) is 13.1 Å². The zero-order chi connectivity index (χ0) is 8.65. The van der Waals surface area contributed by atoms with Crippen molar-refractivity contribution in [1.82, 2.24) is 4.90 Å². The molecule has 0 aromatic rings. The van der Waals surface area contributed by atoms with Crippen LogP contribution in [0.25, 0.3) is 0 Å². The van der Waals surface area contributed by atoms with Gasteiger partial charge in [0.25, 0.3) is 0 Å². The summed E-state index contributed by atoms with van der Waals surface area (Å²) >= 11 is 0. The molecule has 3 heteroatoms. The third-order valence-electron chi connectivity index (χ3n) is 2.18. The van der Waals surface area contributed by atoms with E-state index in [0.29, 0.717) is 13.1 Å². The summed E-state index contributed by atoms with van der Waals surface area (Å²) in [6, 6.07) is 0. The van der Waals surface area contributed by atoms with E-state index in [2.05, 4.69) is 25.7 Å². The van der Waals surface area contributed by atoms with Gasteiger partial charge in [-0.15, -0.1) is 0 Å². The number of carbonyl (C=O) groups is 1. The summed E-state index contributed by atoms with van der Waals surface area (Å²) in [6.07, 6.45) is 0. The SMILES string of the molecule is CC(C)(C)N1CC(C(=O)O)C1. The first kappa shape index (κ1) is 8.53. The number of carboxylic acids is 1. The first-order valence-electron chi connectivity index (χ1n) is 3.89. The minimum Gasteiger partial charge on any atom is -0.481 e. The van der Waals surface area contributed by atoms with Crippen molar-refractivity contribution < 1.29 is 9.90 Å². The van der Waals surface area contributed by atoms with E-state index in [9.17, 15) is 4.79 Å². The van der Waals surface area contributed by atoms with Crippen molar-refractivity contribution in [1.29, 1.82) is 0 Å². The fourth-order valence-corrected chi connectivity index (χ4v) is 1.18.